The van der Waals surface area contributed by atoms with Gasteiger partial charge in [-0.3, -0.25) is 18.7 Å². The molecule has 31 heavy (non-hydrogen) atoms. The number of piperidine rings is 1. The van der Waals surface area contributed by atoms with Crippen LogP contribution in [-0.4, -0.2) is 67.4 Å². The highest BCUT2D eigenvalue weighted by Gasteiger charge is 2.29. The predicted octanol–water partition coefficient (Wildman–Crippen LogP) is 0.210. The minimum Gasteiger partial charge on any atom is -0.396 e. The van der Waals surface area contributed by atoms with Crippen LogP contribution in [0.2, 0.25) is 0 Å². The molecule has 0 bridgehead atoms. The zero-order valence-electron chi connectivity index (χ0n) is 19.0. The average Bonchev–Trinajstić information content (AvgIpc) is 3.14. The lowest BCUT2D eigenvalue weighted by Gasteiger charge is -2.38. The molecule has 1 fully saturated rings. The van der Waals surface area contributed by atoms with Crippen molar-refractivity contribution in [2.45, 2.75) is 45.7 Å². The molecule has 1 atom stereocenters. The van der Waals surface area contributed by atoms with Crippen molar-refractivity contribution in [3.05, 3.63) is 32.5 Å². The van der Waals surface area contributed by atoms with E-state index in [2.05, 4.69) is 4.90 Å². The van der Waals surface area contributed by atoms with E-state index in [1.54, 1.807) is 19.0 Å². The first-order chi connectivity index (χ1) is 14.7. The summed E-state index contributed by atoms with van der Waals surface area (Å²) in [6.45, 7) is 5.58. The number of hydrogen-bond donors (Lipinski definition) is 1. The number of allylic oxidation sites excluding steroid dienone is 2. The van der Waals surface area contributed by atoms with E-state index in [0.29, 0.717) is 30.2 Å². The zero-order valence-corrected chi connectivity index (χ0v) is 19.0. The zero-order chi connectivity index (χ0) is 22.9. The maximum absolute atomic E-state index is 13.0. The van der Waals surface area contributed by atoms with Gasteiger partial charge in [0.1, 0.15) is 0 Å². The fourth-order valence-electron chi connectivity index (χ4n) is 4.05. The summed E-state index contributed by atoms with van der Waals surface area (Å²) < 4.78 is 4.37. The summed E-state index contributed by atoms with van der Waals surface area (Å²) in [7, 11) is 4.85. The number of aryl methyl sites for hydroxylation is 1. The molecule has 0 aliphatic carbocycles. The monoisotopic (exact) mass is 432 g/mol. The largest absolute Gasteiger partial charge is 0.396 e. The van der Waals surface area contributed by atoms with E-state index in [1.807, 2.05) is 24.5 Å². The van der Waals surface area contributed by atoms with Gasteiger partial charge in [0.05, 0.1) is 6.61 Å². The third-order valence-electron chi connectivity index (χ3n) is 5.96. The summed E-state index contributed by atoms with van der Waals surface area (Å²) in [6.07, 6.45) is 3.85. The van der Waals surface area contributed by atoms with Crippen LogP contribution < -0.4 is 16.1 Å². The van der Waals surface area contributed by atoms with E-state index in [1.165, 1.54) is 11.6 Å². The van der Waals surface area contributed by atoms with E-state index in [4.69, 9.17) is 10.1 Å². The number of amides is 1. The minimum absolute atomic E-state index is 0.0174. The van der Waals surface area contributed by atoms with Crippen LogP contribution in [0.25, 0.3) is 11.2 Å². The molecule has 3 heterocycles. The maximum Gasteiger partial charge on any atom is 0.332 e. The summed E-state index contributed by atoms with van der Waals surface area (Å²) in [5, 5.41) is 9.10. The molecule has 10 nitrogen and oxygen atoms in total. The summed E-state index contributed by atoms with van der Waals surface area (Å²) in [4.78, 5) is 46.2. The molecule has 2 aromatic rings. The van der Waals surface area contributed by atoms with Gasteiger partial charge in [0.25, 0.3) is 5.56 Å². The molecule has 0 spiro atoms. The van der Waals surface area contributed by atoms with Gasteiger partial charge in [-0.2, -0.15) is 4.98 Å². The summed E-state index contributed by atoms with van der Waals surface area (Å²) >= 11 is 0. The number of imidazole rings is 1. The number of hydrogen-bond acceptors (Lipinski definition) is 6. The Morgan fingerprint density at radius 1 is 1.26 bits per heavy atom. The van der Waals surface area contributed by atoms with Gasteiger partial charge in [0, 0.05) is 53.2 Å². The Morgan fingerprint density at radius 2 is 1.97 bits per heavy atom. The van der Waals surface area contributed by atoms with Crippen molar-refractivity contribution in [1.29, 1.82) is 0 Å². The molecule has 1 amide bonds. The lowest BCUT2D eigenvalue weighted by atomic mass is 10.0. The quantitative estimate of drug-likeness (QED) is 0.654. The summed E-state index contributed by atoms with van der Waals surface area (Å²) in [5.41, 5.74) is 1.07. The van der Waals surface area contributed by atoms with Crippen molar-refractivity contribution in [2.75, 3.05) is 31.6 Å². The van der Waals surface area contributed by atoms with Crippen molar-refractivity contribution < 1.29 is 9.90 Å². The fourth-order valence-corrected chi connectivity index (χ4v) is 4.05. The van der Waals surface area contributed by atoms with Crippen molar-refractivity contribution >= 4 is 23.0 Å². The van der Waals surface area contributed by atoms with E-state index in [-0.39, 0.29) is 30.5 Å². The van der Waals surface area contributed by atoms with E-state index in [9.17, 15) is 14.4 Å². The van der Waals surface area contributed by atoms with Crippen LogP contribution in [0.4, 0.5) is 5.95 Å². The first-order valence-corrected chi connectivity index (χ1v) is 10.6. The van der Waals surface area contributed by atoms with Crippen LogP contribution in [0.3, 0.4) is 0 Å². The lowest BCUT2D eigenvalue weighted by molar-refractivity contribution is -0.132. The lowest BCUT2D eigenvalue weighted by Crippen LogP contribution is -2.49. The number of nitrogens with zero attached hydrogens (tertiary/aromatic N) is 6. The Morgan fingerprint density at radius 3 is 2.61 bits per heavy atom. The number of anilines is 1. The van der Waals surface area contributed by atoms with Crippen LogP contribution in [-0.2, 0) is 25.4 Å². The first kappa shape index (κ1) is 22.8. The number of aliphatic hydroxyl groups is 1. The number of likely N-dealkylation sites (N-methyl/N-ethyl adjacent to an activating group) is 1. The van der Waals surface area contributed by atoms with E-state index in [0.717, 1.165) is 29.5 Å². The van der Waals surface area contributed by atoms with Crippen LogP contribution in [0.1, 0.15) is 33.1 Å². The number of aliphatic hydroxyl groups excluding tert-OH is 1. The van der Waals surface area contributed by atoms with E-state index < -0.39 is 5.69 Å². The highest BCUT2D eigenvalue weighted by molar-refractivity contribution is 5.77. The second-order valence-electron chi connectivity index (χ2n) is 8.40. The van der Waals surface area contributed by atoms with Gasteiger partial charge in [0.15, 0.2) is 11.2 Å². The standard InChI is InChI=1S/C21H32N6O4/c1-14(2)8-11-27-17-18(24(4)21(31)25(5)19(17)30)22-20(27)26-10-6-7-15(13-26)23(3)16(29)9-12-28/h8,15,28H,6-7,9-13H2,1-5H3. The van der Waals surface area contributed by atoms with Crippen molar-refractivity contribution in [2.24, 2.45) is 14.1 Å². The molecule has 1 aliphatic heterocycles. The molecule has 10 heteroatoms. The van der Waals surface area contributed by atoms with Gasteiger partial charge >= 0.3 is 5.69 Å². The Hall–Kier alpha value is -2.88. The van der Waals surface area contributed by atoms with Gasteiger partial charge in [-0.25, -0.2) is 4.79 Å². The van der Waals surface area contributed by atoms with Crippen LogP contribution in [0, 0.1) is 0 Å². The topological polar surface area (TPSA) is 106 Å². The molecule has 1 N–H and O–H groups in total. The third-order valence-corrected chi connectivity index (χ3v) is 5.96. The molecule has 0 aromatic carbocycles. The molecular formula is C21H32N6O4. The molecule has 0 saturated carbocycles. The number of rotatable bonds is 6. The molecular weight excluding hydrogens is 400 g/mol. The number of carbonyl (C=O) groups is 1. The van der Waals surface area contributed by atoms with Gasteiger partial charge in [-0.05, 0) is 26.7 Å². The molecule has 0 radical (unpaired) electrons. The molecule has 170 valence electrons. The third kappa shape index (κ3) is 4.30. The highest BCUT2D eigenvalue weighted by atomic mass is 16.3. The second kappa shape index (κ2) is 9.09. The summed E-state index contributed by atoms with van der Waals surface area (Å²) in [5.74, 6) is 0.530. The smallest absolute Gasteiger partial charge is 0.332 e. The molecule has 1 saturated heterocycles. The molecule has 2 aromatic heterocycles. The van der Waals surface area contributed by atoms with Crippen molar-refractivity contribution in [1.82, 2.24) is 23.6 Å². The maximum atomic E-state index is 13.0. The average molecular weight is 433 g/mol. The molecule has 1 aliphatic rings. The van der Waals surface area contributed by atoms with Crippen LogP contribution >= 0.6 is 0 Å². The second-order valence-corrected chi connectivity index (χ2v) is 8.40. The summed E-state index contributed by atoms with van der Waals surface area (Å²) in [6, 6.07) is -0.0174. The van der Waals surface area contributed by atoms with Crippen LogP contribution in [0.5, 0.6) is 0 Å². The Kier molecular flexibility index (Phi) is 6.68. The number of fused-ring (bicyclic) bond motifs is 1. The number of carbonyl (C=O) groups excluding carboxylic acids is 1. The van der Waals surface area contributed by atoms with Crippen molar-refractivity contribution in [3.63, 3.8) is 0 Å². The van der Waals surface area contributed by atoms with E-state index >= 15 is 0 Å². The normalized spacial score (nSPS) is 16.6. The SMILES string of the molecule is CC(C)=CCn1c(N2CCCC(N(C)C(=O)CCO)C2)nc2c1c(=O)n(C)c(=O)n2C. The minimum atomic E-state index is -0.415. The Bertz CT molecular complexity index is 1120. The van der Waals surface area contributed by atoms with Gasteiger partial charge < -0.3 is 19.5 Å². The fraction of sp³-hybridized carbons (Fsp3) is 0.619. The predicted molar refractivity (Wildman–Crippen MR) is 119 cm³/mol. The molecule has 1 unspecified atom stereocenters. The van der Waals surface area contributed by atoms with Crippen LogP contribution in [0.15, 0.2) is 21.2 Å². The Labute approximate surface area is 181 Å². The molecule has 3 rings (SSSR count). The van der Waals surface area contributed by atoms with Gasteiger partial charge in [-0.15, -0.1) is 0 Å². The highest BCUT2D eigenvalue weighted by Crippen LogP contribution is 2.25. The first-order valence-electron chi connectivity index (χ1n) is 10.6. The number of aromatic nitrogens is 4. The van der Waals surface area contributed by atoms with Crippen molar-refractivity contribution in [3.8, 4) is 0 Å². The Balaban J connectivity index is 2.09. The van der Waals surface area contributed by atoms with Gasteiger partial charge in [-0.1, -0.05) is 11.6 Å². The van der Waals surface area contributed by atoms with Gasteiger partial charge in [0.2, 0.25) is 11.9 Å².